The Hall–Kier alpha value is -2.96. The lowest BCUT2D eigenvalue weighted by Crippen LogP contribution is -2.39. The second-order valence-electron chi connectivity index (χ2n) is 6.33. The van der Waals surface area contributed by atoms with Crippen molar-refractivity contribution in [2.75, 3.05) is 5.32 Å². The number of hydrogen-bond donors (Lipinski definition) is 2. The molecule has 2 N–H and O–H groups in total. The first-order valence-corrected chi connectivity index (χ1v) is 8.24. The first kappa shape index (κ1) is 16.9. The predicted molar refractivity (Wildman–Crippen MR) is 97.6 cm³/mol. The summed E-state index contributed by atoms with van der Waals surface area (Å²) in [5.41, 5.74) is 4.32. The molecule has 0 aliphatic rings. The first-order valence-electron chi connectivity index (χ1n) is 8.24. The van der Waals surface area contributed by atoms with E-state index in [9.17, 15) is 4.79 Å². The molecular formula is C18H22N6O. The van der Waals surface area contributed by atoms with Crippen LogP contribution in [0.15, 0.2) is 30.3 Å². The Morgan fingerprint density at radius 1 is 1.16 bits per heavy atom. The number of benzene rings is 1. The van der Waals surface area contributed by atoms with Gasteiger partial charge >= 0.3 is 6.03 Å². The van der Waals surface area contributed by atoms with Gasteiger partial charge < -0.3 is 10.6 Å². The number of rotatable bonds is 4. The van der Waals surface area contributed by atoms with E-state index in [-0.39, 0.29) is 12.1 Å². The molecule has 3 aromatic rings. The largest absolute Gasteiger partial charge is 0.334 e. The first-order chi connectivity index (χ1) is 11.9. The third-order valence-electron chi connectivity index (χ3n) is 3.93. The summed E-state index contributed by atoms with van der Waals surface area (Å²) in [5.74, 6) is 0. The van der Waals surface area contributed by atoms with Crippen molar-refractivity contribution in [1.29, 1.82) is 0 Å². The van der Waals surface area contributed by atoms with Gasteiger partial charge in [0.25, 0.3) is 0 Å². The molecule has 0 aliphatic heterocycles. The molecule has 130 valence electrons. The monoisotopic (exact) mass is 338 g/mol. The molecule has 3 rings (SSSR count). The highest BCUT2D eigenvalue weighted by molar-refractivity contribution is 6.00. The summed E-state index contributed by atoms with van der Waals surface area (Å²) in [6.45, 7) is 8.41. The van der Waals surface area contributed by atoms with Crippen molar-refractivity contribution in [3.05, 3.63) is 47.4 Å². The van der Waals surface area contributed by atoms with Crippen LogP contribution in [0.2, 0.25) is 0 Å². The lowest BCUT2D eigenvalue weighted by molar-refractivity contribution is 0.247. The second kappa shape index (κ2) is 6.88. The fourth-order valence-electron chi connectivity index (χ4n) is 2.82. The molecule has 2 aromatic heterocycles. The highest BCUT2D eigenvalue weighted by Gasteiger charge is 2.12. The Balaban J connectivity index is 1.68. The molecule has 0 radical (unpaired) electrons. The van der Waals surface area contributed by atoms with Crippen LogP contribution in [0.4, 0.5) is 10.5 Å². The molecule has 25 heavy (non-hydrogen) atoms. The number of hydrogen-bond acceptors (Lipinski definition) is 4. The van der Waals surface area contributed by atoms with Crippen LogP contribution in [0.1, 0.15) is 24.0 Å². The highest BCUT2D eigenvalue weighted by Crippen LogP contribution is 2.21. The molecular weight excluding hydrogens is 316 g/mol. The van der Waals surface area contributed by atoms with Gasteiger partial charge in [-0.15, -0.1) is 0 Å². The predicted octanol–water partition coefficient (Wildman–Crippen LogP) is 2.96. The lowest BCUT2D eigenvalue weighted by atomic mass is 10.2. The topological polar surface area (TPSA) is 84.7 Å². The maximum absolute atomic E-state index is 12.3. The van der Waals surface area contributed by atoms with Crippen LogP contribution < -0.4 is 10.6 Å². The van der Waals surface area contributed by atoms with Crippen molar-refractivity contribution in [2.24, 2.45) is 0 Å². The van der Waals surface area contributed by atoms with Gasteiger partial charge in [0, 0.05) is 17.1 Å². The van der Waals surface area contributed by atoms with E-state index in [4.69, 9.17) is 0 Å². The molecule has 1 atom stereocenters. The summed E-state index contributed by atoms with van der Waals surface area (Å²) in [4.78, 5) is 12.3. The number of amides is 2. The smallest absolute Gasteiger partial charge is 0.319 e. The van der Waals surface area contributed by atoms with Gasteiger partial charge in [-0.2, -0.15) is 15.3 Å². The molecule has 0 unspecified atom stereocenters. The fraction of sp³-hybridized carbons (Fsp3) is 0.333. The van der Waals surface area contributed by atoms with Crippen molar-refractivity contribution in [3.63, 3.8) is 0 Å². The van der Waals surface area contributed by atoms with Crippen LogP contribution in [-0.2, 0) is 6.54 Å². The van der Waals surface area contributed by atoms with E-state index in [1.807, 2.05) is 62.7 Å². The molecule has 0 bridgehead atoms. The van der Waals surface area contributed by atoms with Gasteiger partial charge in [0.1, 0.15) is 0 Å². The van der Waals surface area contributed by atoms with E-state index >= 15 is 0 Å². The Morgan fingerprint density at radius 3 is 2.68 bits per heavy atom. The fourth-order valence-corrected chi connectivity index (χ4v) is 2.82. The molecule has 2 amide bonds. The normalized spacial score (nSPS) is 12.2. The van der Waals surface area contributed by atoms with Crippen molar-refractivity contribution < 1.29 is 4.79 Å². The van der Waals surface area contributed by atoms with Gasteiger partial charge in [0.05, 0.1) is 29.1 Å². The van der Waals surface area contributed by atoms with E-state index in [0.717, 1.165) is 28.0 Å². The number of fused-ring (bicyclic) bond motifs is 1. The van der Waals surface area contributed by atoms with Gasteiger partial charge in [-0.05, 0) is 52.0 Å². The Morgan fingerprint density at radius 2 is 1.96 bits per heavy atom. The summed E-state index contributed by atoms with van der Waals surface area (Å²) in [6.07, 6.45) is 0. The van der Waals surface area contributed by atoms with Gasteiger partial charge in [0.15, 0.2) is 0 Å². The summed E-state index contributed by atoms with van der Waals surface area (Å²) >= 11 is 0. The summed E-state index contributed by atoms with van der Waals surface area (Å²) in [5, 5.41) is 19.3. The number of carbonyl (C=O) groups is 1. The zero-order valence-electron chi connectivity index (χ0n) is 14.9. The lowest BCUT2D eigenvalue weighted by Gasteiger charge is -2.16. The molecule has 2 heterocycles. The zero-order valence-corrected chi connectivity index (χ0v) is 14.9. The number of nitrogens with one attached hydrogen (secondary N) is 2. The summed E-state index contributed by atoms with van der Waals surface area (Å²) in [7, 11) is 0. The molecule has 7 nitrogen and oxygen atoms in total. The number of nitrogens with zero attached hydrogens (tertiary/aromatic N) is 4. The molecule has 0 spiro atoms. The van der Waals surface area contributed by atoms with Crippen LogP contribution in [0.5, 0.6) is 0 Å². The van der Waals surface area contributed by atoms with Gasteiger partial charge in [0.2, 0.25) is 0 Å². The third-order valence-corrected chi connectivity index (χ3v) is 3.93. The SMILES string of the molecule is Cc1cc2c(NC(=O)N[C@@H](C)Cn3nc(C)cc3C)cccc2nn1. The number of carbonyl (C=O) groups excluding carboxylic acids is 1. The summed E-state index contributed by atoms with van der Waals surface area (Å²) in [6, 6.07) is 9.20. The highest BCUT2D eigenvalue weighted by atomic mass is 16.2. The minimum Gasteiger partial charge on any atom is -0.334 e. The van der Waals surface area contributed by atoms with Crippen LogP contribution in [-0.4, -0.2) is 32.1 Å². The Labute approximate surface area is 146 Å². The van der Waals surface area contributed by atoms with Crippen LogP contribution >= 0.6 is 0 Å². The molecule has 7 heteroatoms. The summed E-state index contributed by atoms with van der Waals surface area (Å²) < 4.78 is 1.90. The number of anilines is 1. The molecule has 0 saturated carbocycles. The average Bonchev–Trinajstić information content (AvgIpc) is 2.85. The second-order valence-corrected chi connectivity index (χ2v) is 6.33. The van der Waals surface area contributed by atoms with E-state index in [1.165, 1.54) is 0 Å². The van der Waals surface area contributed by atoms with Gasteiger partial charge in [-0.1, -0.05) is 6.07 Å². The van der Waals surface area contributed by atoms with Crippen LogP contribution in [0.3, 0.4) is 0 Å². The Kier molecular flexibility index (Phi) is 4.65. The van der Waals surface area contributed by atoms with Crippen molar-refractivity contribution in [2.45, 2.75) is 40.3 Å². The van der Waals surface area contributed by atoms with Crippen LogP contribution in [0, 0.1) is 20.8 Å². The molecule has 0 saturated heterocycles. The average molecular weight is 338 g/mol. The minimum absolute atomic E-state index is 0.0606. The van der Waals surface area contributed by atoms with Crippen molar-refractivity contribution >= 4 is 22.6 Å². The molecule has 1 aromatic carbocycles. The number of urea groups is 1. The number of aryl methyl sites for hydroxylation is 3. The van der Waals surface area contributed by atoms with E-state index in [1.54, 1.807) is 0 Å². The number of aromatic nitrogens is 4. The quantitative estimate of drug-likeness (QED) is 0.766. The minimum atomic E-state index is -0.254. The van der Waals surface area contributed by atoms with E-state index in [2.05, 4.69) is 25.9 Å². The molecule has 0 aliphatic carbocycles. The maximum atomic E-state index is 12.3. The maximum Gasteiger partial charge on any atom is 0.319 e. The van der Waals surface area contributed by atoms with Crippen LogP contribution in [0.25, 0.3) is 10.9 Å². The Bertz CT molecular complexity index is 917. The van der Waals surface area contributed by atoms with Crippen molar-refractivity contribution in [1.82, 2.24) is 25.3 Å². The molecule has 0 fully saturated rings. The van der Waals surface area contributed by atoms with E-state index < -0.39 is 0 Å². The standard InChI is InChI=1S/C18H22N6O/c1-11-9-15-16(6-5-7-17(15)22-21-11)20-18(25)19-13(3)10-24-14(4)8-12(2)23-24/h5-9,13H,10H2,1-4H3,(H2,19,20,25)/t13-/m0/s1. The van der Waals surface area contributed by atoms with Gasteiger partial charge in [-0.25, -0.2) is 4.79 Å². The zero-order chi connectivity index (χ0) is 18.0. The van der Waals surface area contributed by atoms with Gasteiger partial charge in [-0.3, -0.25) is 4.68 Å². The van der Waals surface area contributed by atoms with E-state index in [0.29, 0.717) is 12.2 Å². The van der Waals surface area contributed by atoms with Crippen molar-refractivity contribution in [3.8, 4) is 0 Å². The third kappa shape index (κ3) is 3.93.